The number of aryl methyl sites for hydroxylation is 1. The van der Waals surface area contributed by atoms with Gasteiger partial charge < -0.3 is 10.6 Å². The van der Waals surface area contributed by atoms with Crippen LogP contribution in [0.15, 0.2) is 29.3 Å². The lowest BCUT2D eigenvalue weighted by atomic mass is 10.1. The zero-order valence-corrected chi connectivity index (χ0v) is 14.7. The number of benzene rings is 1. The minimum Gasteiger partial charge on any atom is -0.356 e. The molecular weight excluding hydrogens is 318 g/mol. The third kappa shape index (κ3) is 4.96. The molecule has 0 saturated heterocycles. The average molecular weight is 340 g/mol. The number of anilines is 1. The topological polar surface area (TPSA) is 62.2 Å². The van der Waals surface area contributed by atoms with Crippen molar-refractivity contribution in [3.63, 3.8) is 0 Å². The summed E-state index contributed by atoms with van der Waals surface area (Å²) in [5.74, 6) is 0.732. The van der Waals surface area contributed by atoms with Gasteiger partial charge in [0.1, 0.15) is 5.01 Å². The zero-order chi connectivity index (χ0) is 15.1. The first-order chi connectivity index (χ1) is 10.2. The molecule has 1 heterocycles. The summed E-state index contributed by atoms with van der Waals surface area (Å²) in [4.78, 5) is 4.19. The molecular formula is C15H22ClN5S. The maximum absolute atomic E-state index is 4.25. The molecule has 7 heteroatoms. The molecule has 2 aromatic rings. The predicted octanol–water partition coefficient (Wildman–Crippen LogP) is 3.72. The van der Waals surface area contributed by atoms with E-state index < -0.39 is 0 Å². The maximum Gasteiger partial charge on any atom is 0.212 e. The Labute approximate surface area is 141 Å². The second-order valence-corrected chi connectivity index (χ2v) is 5.68. The van der Waals surface area contributed by atoms with E-state index in [0.717, 1.165) is 41.0 Å². The van der Waals surface area contributed by atoms with Crippen molar-refractivity contribution in [1.82, 2.24) is 15.5 Å². The number of nitrogens with zero attached hydrogens (tertiary/aromatic N) is 3. The Balaban J connectivity index is 0.00000242. The molecule has 5 nitrogen and oxygen atoms in total. The van der Waals surface area contributed by atoms with E-state index in [4.69, 9.17) is 0 Å². The van der Waals surface area contributed by atoms with E-state index in [2.05, 4.69) is 51.8 Å². The second kappa shape index (κ2) is 9.38. The van der Waals surface area contributed by atoms with Gasteiger partial charge in [-0.05, 0) is 18.9 Å². The summed E-state index contributed by atoms with van der Waals surface area (Å²) in [5, 5.41) is 16.5. The van der Waals surface area contributed by atoms with E-state index >= 15 is 0 Å². The van der Waals surface area contributed by atoms with E-state index in [1.54, 1.807) is 7.05 Å². The van der Waals surface area contributed by atoms with Gasteiger partial charge in [-0.25, -0.2) is 0 Å². The summed E-state index contributed by atoms with van der Waals surface area (Å²) in [6.45, 7) is 5.14. The molecule has 0 aliphatic carbocycles. The molecule has 0 aliphatic rings. The molecule has 0 amide bonds. The van der Waals surface area contributed by atoms with E-state index in [1.807, 2.05) is 12.1 Å². The first kappa shape index (κ1) is 18.4. The standard InChI is InChI=1S/C15H21N5S.ClH/c1-4-5-10-17-14(16-3)18-15-20-19-13(21-15)12-9-7-6-8-11(12)2;/h6-9H,4-5,10H2,1-3H3,(H2,16,17,18,20);1H. The minimum absolute atomic E-state index is 0. The van der Waals surface area contributed by atoms with Crippen LogP contribution in [-0.4, -0.2) is 29.7 Å². The highest BCUT2D eigenvalue weighted by atomic mass is 35.5. The molecule has 0 bridgehead atoms. The Hall–Kier alpha value is -1.66. The summed E-state index contributed by atoms with van der Waals surface area (Å²) < 4.78 is 0. The van der Waals surface area contributed by atoms with E-state index in [-0.39, 0.29) is 12.4 Å². The Morgan fingerprint density at radius 3 is 2.73 bits per heavy atom. The van der Waals surface area contributed by atoms with Gasteiger partial charge >= 0.3 is 0 Å². The SMILES string of the molecule is CCCCNC(=NC)Nc1nnc(-c2ccccc2C)s1.Cl. The van der Waals surface area contributed by atoms with Crippen molar-refractivity contribution >= 4 is 34.8 Å². The lowest BCUT2D eigenvalue weighted by molar-refractivity contribution is 0.753. The van der Waals surface area contributed by atoms with Crippen LogP contribution < -0.4 is 10.6 Å². The monoisotopic (exact) mass is 339 g/mol. The molecule has 1 aromatic heterocycles. The van der Waals surface area contributed by atoms with Gasteiger partial charge in [0.25, 0.3) is 0 Å². The summed E-state index contributed by atoms with van der Waals surface area (Å²) in [6.07, 6.45) is 2.27. The van der Waals surface area contributed by atoms with Gasteiger partial charge in [0.15, 0.2) is 5.96 Å². The largest absolute Gasteiger partial charge is 0.356 e. The molecule has 120 valence electrons. The van der Waals surface area contributed by atoms with Gasteiger partial charge in [0, 0.05) is 19.2 Å². The van der Waals surface area contributed by atoms with Gasteiger partial charge in [-0.1, -0.05) is 48.9 Å². The molecule has 0 spiro atoms. The number of hydrogen-bond acceptors (Lipinski definition) is 4. The minimum atomic E-state index is 0. The van der Waals surface area contributed by atoms with Gasteiger partial charge in [-0.2, -0.15) is 0 Å². The van der Waals surface area contributed by atoms with Crippen molar-refractivity contribution in [3.05, 3.63) is 29.8 Å². The van der Waals surface area contributed by atoms with Crippen LogP contribution in [0.25, 0.3) is 10.6 Å². The van der Waals surface area contributed by atoms with Gasteiger partial charge in [0.2, 0.25) is 5.13 Å². The Morgan fingerprint density at radius 1 is 1.27 bits per heavy atom. The number of halogens is 1. The molecule has 0 aliphatic heterocycles. The maximum atomic E-state index is 4.25. The molecule has 0 fully saturated rings. The van der Waals surface area contributed by atoms with Crippen molar-refractivity contribution < 1.29 is 0 Å². The van der Waals surface area contributed by atoms with Crippen LogP contribution in [0.5, 0.6) is 0 Å². The van der Waals surface area contributed by atoms with E-state index in [0.29, 0.717) is 0 Å². The number of unbranched alkanes of at least 4 members (excludes halogenated alkanes) is 1. The molecule has 22 heavy (non-hydrogen) atoms. The Kier molecular flexibility index (Phi) is 7.84. The summed E-state index contributed by atoms with van der Waals surface area (Å²) in [7, 11) is 1.75. The molecule has 2 rings (SSSR count). The van der Waals surface area contributed by atoms with Crippen molar-refractivity contribution in [2.24, 2.45) is 4.99 Å². The number of rotatable bonds is 5. The Bertz CT molecular complexity index is 611. The zero-order valence-electron chi connectivity index (χ0n) is 13.1. The average Bonchev–Trinajstić information content (AvgIpc) is 2.95. The molecule has 0 saturated carbocycles. The molecule has 2 N–H and O–H groups in total. The van der Waals surface area contributed by atoms with Gasteiger partial charge in [-0.3, -0.25) is 4.99 Å². The van der Waals surface area contributed by atoms with E-state index in [9.17, 15) is 0 Å². The number of nitrogens with one attached hydrogen (secondary N) is 2. The van der Waals surface area contributed by atoms with Crippen LogP contribution in [0.4, 0.5) is 5.13 Å². The lowest BCUT2D eigenvalue weighted by Gasteiger charge is -2.08. The normalized spacial score (nSPS) is 11.0. The number of hydrogen-bond donors (Lipinski definition) is 2. The molecule has 1 aromatic carbocycles. The van der Waals surface area contributed by atoms with Crippen LogP contribution in [0.1, 0.15) is 25.3 Å². The van der Waals surface area contributed by atoms with Crippen molar-refractivity contribution in [3.8, 4) is 10.6 Å². The van der Waals surface area contributed by atoms with Crippen molar-refractivity contribution in [1.29, 1.82) is 0 Å². The van der Waals surface area contributed by atoms with Crippen LogP contribution in [-0.2, 0) is 0 Å². The molecule has 0 radical (unpaired) electrons. The highest BCUT2D eigenvalue weighted by molar-refractivity contribution is 7.18. The lowest BCUT2D eigenvalue weighted by Crippen LogP contribution is -2.31. The van der Waals surface area contributed by atoms with Crippen LogP contribution in [0.3, 0.4) is 0 Å². The molecule has 0 atom stereocenters. The second-order valence-electron chi connectivity index (χ2n) is 4.70. The van der Waals surface area contributed by atoms with Crippen LogP contribution in [0.2, 0.25) is 0 Å². The fourth-order valence-corrected chi connectivity index (χ4v) is 2.69. The van der Waals surface area contributed by atoms with E-state index in [1.165, 1.54) is 16.9 Å². The first-order valence-corrected chi connectivity index (χ1v) is 7.93. The summed E-state index contributed by atoms with van der Waals surface area (Å²) in [6, 6.07) is 8.18. The summed E-state index contributed by atoms with van der Waals surface area (Å²) in [5.41, 5.74) is 2.32. The first-order valence-electron chi connectivity index (χ1n) is 7.11. The third-order valence-corrected chi connectivity index (χ3v) is 3.94. The quantitative estimate of drug-likeness (QED) is 0.495. The van der Waals surface area contributed by atoms with Crippen LogP contribution in [0, 0.1) is 6.92 Å². The highest BCUT2D eigenvalue weighted by Crippen LogP contribution is 2.28. The van der Waals surface area contributed by atoms with Crippen LogP contribution >= 0.6 is 23.7 Å². The van der Waals surface area contributed by atoms with Crippen molar-refractivity contribution in [2.75, 3.05) is 18.9 Å². The third-order valence-electron chi connectivity index (χ3n) is 3.07. The highest BCUT2D eigenvalue weighted by Gasteiger charge is 2.09. The van der Waals surface area contributed by atoms with Gasteiger partial charge in [0.05, 0.1) is 0 Å². The number of aliphatic imine (C=N–C) groups is 1. The smallest absolute Gasteiger partial charge is 0.212 e. The van der Waals surface area contributed by atoms with Gasteiger partial charge in [-0.15, -0.1) is 22.6 Å². The fraction of sp³-hybridized carbons (Fsp3) is 0.400. The number of aromatic nitrogens is 2. The summed E-state index contributed by atoms with van der Waals surface area (Å²) >= 11 is 1.53. The van der Waals surface area contributed by atoms with Crippen molar-refractivity contribution in [2.45, 2.75) is 26.7 Å². The predicted molar refractivity (Wildman–Crippen MR) is 97.2 cm³/mol. The number of guanidine groups is 1. The molecule has 0 unspecified atom stereocenters. The fourth-order valence-electron chi connectivity index (χ4n) is 1.86. The Morgan fingerprint density at radius 2 is 2.05 bits per heavy atom.